The summed E-state index contributed by atoms with van der Waals surface area (Å²) in [6.45, 7) is 0.644. The van der Waals surface area contributed by atoms with E-state index in [2.05, 4.69) is 0 Å². The molecule has 1 aromatic rings. The van der Waals surface area contributed by atoms with Gasteiger partial charge >= 0.3 is 5.97 Å². The second-order valence-corrected chi connectivity index (χ2v) is 3.94. The maximum Gasteiger partial charge on any atom is 0.342 e. The summed E-state index contributed by atoms with van der Waals surface area (Å²) in [5, 5.41) is 0. The van der Waals surface area contributed by atoms with E-state index in [9.17, 15) is 4.79 Å². The van der Waals surface area contributed by atoms with Gasteiger partial charge in [-0.3, -0.25) is 0 Å². The van der Waals surface area contributed by atoms with Crippen molar-refractivity contribution in [3.8, 4) is 5.75 Å². The van der Waals surface area contributed by atoms with Crippen LogP contribution < -0.4 is 4.74 Å². The molecule has 4 nitrogen and oxygen atoms in total. The van der Waals surface area contributed by atoms with Crippen molar-refractivity contribution in [1.29, 1.82) is 0 Å². The number of para-hydroxylation sites is 1. The van der Waals surface area contributed by atoms with Crippen molar-refractivity contribution in [3.63, 3.8) is 0 Å². The number of carbonyl (C=O) groups excluding carboxylic acids is 1. The highest BCUT2D eigenvalue weighted by atomic mass is 16.5. The van der Waals surface area contributed by atoms with Gasteiger partial charge in [0.1, 0.15) is 17.1 Å². The lowest BCUT2D eigenvalue weighted by atomic mass is 10.0. The average Bonchev–Trinajstić information content (AvgIpc) is 2.93. The topological polar surface area (TPSA) is 44.8 Å². The molecule has 2 rings (SSSR count). The number of esters is 1. The van der Waals surface area contributed by atoms with Crippen LogP contribution in [0.5, 0.6) is 5.75 Å². The van der Waals surface area contributed by atoms with Crippen molar-refractivity contribution in [1.82, 2.24) is 0 Å². The monoisotopic (exact) mass is 248 g/mol. The van der Waals surface area contributed by atoms with E-state index in [1.807, 2.05) is 24.3 Å². The molecule has 0 unspecified atom stereocenters. The third kappa shape index (κ3) is 2.32. The zero-order valence-electron chi connectivity index (χ0n) is 10.6. The summed E-state index contributed by atoms with van der Waals surface area (Å²) in [5.41, 5.74) is 1.18. The van der Waals surface area contributed by atoms with Gasteiger partial charge in [0.2, 0.25) is 0 Å². The fourth-order valence-electron chi connectivity index (χ4n) is 2.02. The van der Waals surface area contributed by atoms with Gasteiger partial charge in [-0.1, -0.05) is 18.2 Å². The lowest BCUT2D eigenvalue weighted by Gasteiger charge is -2.12. The molecule has 1 fully saturated rings. The number of rotatable bonds is 3. The summed E-state index contributed by atoms with van der Waals surface area (Å²) in [7, 11) is 2.95. The molecule has 1 aromatic carbocycles. The molecule has 0 bridgehead atoms. The molecule has 1 aliphatic rings. The Labute approximate surface area is 106 Å². The summed E-state index contributed by atoms with van der Waals surface area (Å²) in [5.74, 6) is 0.934. The Balaban J connectivity index is 2.53. The molecule has 0 aliphatic carbocycles. The standard InChI is InChI=1S/C14H16O4/c1-16-11-7-4-3-6-10(11)13(14(15)17-2)12-8-5-9-18-12/h3-4,6-7H,5,8-9H2,1-2H3/b13-12+. The van der Waals surface area contributed by atoms with Crippen molar-refractivity contribution < 1.29 is 19.0 Å². The second-order valence-electron chi connectivity index (χ2n) is 3.94. The molecule has 0 atom stereocenters. The molecule has 1 heterocycles. The first kappa shape index (κ1) is 12.5. The summed E-state index contributed by atoms with van der Waals surface area (Å²) in [6.07, 6.45) is 1.67. The first-order chi connectivity index (χ1) is 8.77. The number of methoxy groups -OCH3 is 2. The van der Waals surface area contributed by atoms with E-state index in [-0.39, 0.29) is 0 Å². The van der Waals surface area contributed by atoms with Crippen molar-refractivity contribution >= 4 is 11.5 Å². The van der Waals surface area contributed by atoms with Gasteiger partial charge in [-0.05, 0) is 12.5 Å². The van der Waals surface area contributed by atoms with Crippen LogP contribution in [0.25, 0.3) is 5.57 Å². The van der Waals surface area contributed by atoms with Crippen molar-refractivity contribution in [2.24, 2.45) is 0 Å². The third-order valence-electron chi connectivity index (χ3n) is 2.87. The quantitative estimate of drug-likeness (QED) is 0.608. The Hall–Kier alpha value is -1.97. The summed E-state index contributed by atoms with van der Waals surface area (Å²) in [4.78, 5) is 12.0. The number of allylic oxidation sites excluding steroid dienone is 1. The molecule has 0 saturated carbocycles. The Morgan fingerprint density at radius 2 is 2.06 bits per heavy atom. The van der Waals surface area contributed by atoms with Crippen molar-refractivity contribution in [2.45, 2.75) is 12.8 Å². The molecule has 0 amide bonds. The van der Waals surface area contributed by atoms with E-state index >= 15 is 0 Å². The molecule has 96 valence electrons. The highest BCUT2D eigenvalue weighted by Gasteiger charge is 2.24. The minimum absolute atomic E-state index is 0.392. The number of ether oxygens (including phenoxy) is 3. The summed E-state index contributed by atoms with van der Waals surface area (Å²) >= 11 is 0. The van der Waals surface area contributed by atoms with E-state index in [1.165, 1.54) is 7.11 Å². The van der Waals surface area contributed by atoms with Crippen LogP contribution in [0.1, 0.15) is 18.4 Å². The number of hydrogen-bond donors (Lipinski definition) is 0. The Kier molecular flexibility index (Phi) is 3.87. The highest BCUT2D eigenvalue weighted by Crippen LogP contribution is 2.33. The Morgan fingerprint density at radius 1 is 1.28 bits per heavy atom. The number of benzene rings is 1. The fourth-order valence-corrected chi connectivity index (χ4v) is 2.02. The van der Waals surface area contributed by atoms with Crippen LogP contribution >= 0.6 is 0 Å². The molecule has 1 saturated heterocycles. The molecular formula is C14H16O4. The smallest absolute Gasteiger partial charge is 0.342 e. The van der Waals surface area contributed by atoms with Gasteiger partial charge < -0.3 is 14.2 Å². The lowest BCUT2D eigenvalue weighted by Crippen LogP contribution is -2.08. The molecule has 1 aliphatic heterocycles. The SMILES string of the molecule is COC(=O)/C(=C1\CCCO1)c1ccccc1OC. The van der Waals surface area contributed by atoms with Gasteiger partial charge in [-0.25, -0.2) is 4.79 Å². The molecule has 0 N–H and O–H groups in total. The van der Waals surface area contributed by atoms with E-state index in [1.54, 1.807) is 7.11 Å². The summed E-state index contributed by atoms with van der Waals surface area (Å²) < 4.78 is 15.6. The maximum absolute atomic E-state index is 12.0. The predicted molar refractivity (Wildman–Crippen MR) is 67.1 cm³/mol. The van der Waals surface area contributed by atoms with Gasteiger partial charge in [0.05, 0.1) is 20.8 Å². The first-order valence-electron chi connectivity index (χ1n) is 5.85. The minimum Gasteiger partial charge on any atom is -0.497 e. The van der Waals surface area contributed by atoms with E-state index in [0.29, 0.717) is 29.3 Å². The normalized spacial score (nSPS) is 17.0. The lowest BCUT2D eigenvalue weighted by molar-refractivity contribution is -0.133. The maximum atomic E-state index is 12.0. The van der Waals surface area contributed by atoms with Crippen LogP contribution in [-0.4, -0.2) is 26.8 Å². The highest BCUT2D eigenvalue weighted by molar-refractivity contribution is 6.18. The predicted octanol–water partition coefficient (Wildman–Crippen LogP) is 2.39. The first-order valence-corrected chi connectivity index (χ1v) is 5.85. The third-order valence-corrected chi connectivity index (χ3v) is 2.87. The van der Waals surface area contributed by atoms with Crippen LogP contribution in [0, 0.1) is 0 Å². The Morgan fingerprint density at radius 3 is 2.67 bits per heavy atom. The minimum atomic E-state index is -0.392. The zero-order chi connectivity index (χ0) is 13.0. The van der Waals surface area contributed by atoms with Gasteiger partial charge in [-0.2, -0.15) is 0 Å². The van der Waals surface area contributed by atoms with Crippen LogP contribution in [0.15, 0.2) is 30.0 Å². The number of hydrogen-bond acceptors (Lipinski definition) is 4. The van der Waals surface area contributed by atoms with Gasteiger partial charge in [0.15, 0.2) is 0 Å². The van der Waals surface area contributed by atoms with Crippen LogP contribution in [0.2, 0.25) is 0 Å². The van der Waals surface area contributed by atoms with E-state index in [0.717, 1.165) is 12.8 Å². The van der Waals surface area contributed by atoms with Gasteiger partial charge in [0.25, 0.3) is 0 Å². The van der Waals surface area contributed by atoms with Crippen molar-refractivity contribution in [2.75, 3.05) is 20.8 Å². The van der Waals surface area contributed by atoms with E-state index < -0.39 is 5.97 Å². The summed E-state index contributed by atoms with van der Waals surface area (Å²) in [6, 6.07) is 7.36. The second kappa shape index (κ2) is 5.58. The molecular weight excluding hydrogens is 232 g/mol. The molecule has 18 heavy (non-hydrogen) atoms. The van der Waals surface area contributed by atoms with Crippen molar-refractivity contribution in [3.05, 3.63) is 35.6 Å². The van der Waals surface area contributed by atoms with Gasteiger partial charge in [0, 0.05) is 12.0 Å². The molecule has 0 spiro atoms. The van der Waals surface area contributed by atoms with E-state index in [4.69, 9.17) is 14.2 Å². The number of carbonyl (C=O) groups is 1. The fraction of sp³-hybridized carbons (Fsp3) is 0.357. The largest absolute Gasteiger partial charge is 0.497 e. The Bertz CT molecular complexity index is 468. The van der Waals surface area contributed by atoms with Gasteiger partial charge in [-0.15, -0.1) is 0 Å². The molecule has 0 aromatic heterocycles. The average molecular weight is 248 g/mol. The van der Waals surface area contributed by atoms with Crippen LogP contribution in [0.3, 0.4) is 0 Å². The zero-order valence-corrected chi connectivity index (χ0v) is 10.6. The molecule has 4 heteroatoms. The molecule has 0 radical (unpaired) electrons. The van der Waals surface area contributed by atoms with Crippen LogP contribution in [0.4, 0.5) is 0 Å². The van der Waals surface area contributed by atoms with Crippen LogP contribution in [-0.2, 0) is 14.3 Å².